The first-order valence-corrected chi connectivity index (χ1v) is 10.6. The zero-order valence-electron chi connectivity index (χ0n) is 18.2. The van der Waals surface area contributed by atoms with Crippen LogP contribution in [0.4, 0.5) is 5.82 Å². The second kappa shape index (κ2) is 11.3. The second-order valence-corrected chi connectivity index (χ2v) is 7.95. The van der Waals surface area contributed by atoms with E-state index in [-0.39, 0.29) is 30.7 Å². The van der Waals surface area contributed by atoms with Crippen LogP contribution in [-0.2, 0) is 24.2 Å². The number of aliphatic hydroxyl groups is 1. The predicted molar refractivity (Wildman–Crippen MR) is 125 cm³/mol. The molecule has 168 valence electrons. The summed E-state index contributed by atoms with van der Waals surface area (Å²) in [6, 6.07) is 18.5. The van der Waals surface area contributed by atoms with Crippen molar-refractivity contribution < 1.29 is 15.0 Å². The molecule has 2 aromatic carbocycles. The van der Waals surface area contributed by atoms with Crippen LogP contribution in [0.5, 0.6) is 5.75 Å². The van der Waals surface area contributed by atoms with E-state index in [1.165, 1.54) is 0 Å². The molecule has 0 saturated heterocycles. The summed E-state index contributed by atoms with van der Waals surface area (Å²) in [6.45, 7) is 2.75. The van der Waals surface area contributed by atoms with E-state index in [1.54, 1.807) is 36.5 Å². The molecule has 0 saturated carbocycles. The van der Waals surface area contributed by atoms with Gasteiger partial charge in [0, 0.05) is 36.5 Å². The zero-order chi connectivity index (χ0) is 22.9. The number of aromatic hydroxyl groups is 1. The molecule has 0 radical (unpaired) electrons. The van der Waals surface area contributed by atoms with Crippen molar-refractivity contribution in [3.05, 3.63) is 89.1 Å². The minimum Gasteiger partial charge on any atom is -0.508 e. The number of amides is 1. The summed E-state index contributed by atoms with van der Waals surface area (Å²) in [4.78, 5) is 16.3. The van der Waals surface area contributed by atoms with Crippen molar-refractivity contribution in [2.24, 2.45) is 0 Å². The van der Waals surface area contributed by atoms with Crippen LogP contribution in [0.15, 0.2) is 66.9 Å². The maximum atomic E-state index is 12.3. The molecule has 2 atom stereocenters. The van der Waals surface area contributed by atoms with Gasteiger partial charge in [0.05, 0.1) is 12.5 Å². The maximum Gasteiger partial charge on any atom is 0.224 e. The van der Waals surface area contributed by atoms with Crippen LogP contribution in [0.2, 0.25) is 0 Å². The molecule has 7 nitrogen and oxygen atoms in total. The lowest BCUT2D eigenvalue weighted by atomic mass is 10.0. The number of para-hydroxylation sites is 1. The lowest BCUT2D eigenvalue weighted by molar-refractivity contribution is -0.120. The van der Waals surface area contributed by atoms with Gasteiger partial charge >= 0.3 is 0 Å². The van der Waals surface area contributed by atoms with Gasteiger partial charge in [-0.15, -0.1) is 0 Å². The number of anilines is 1. The van der Waals surface area contributed by atoms with Crippen molar-refractivity contribution in [2.75, 3.05) is 12.3 Å². The summed E-state index contributed by atoms with van der Waals surface area (Å²) in [7, 11) is 0. The maximum absolute atomic E-state index is 12.3. The molecule has 32 heavy (non-hydrogen) atoms. The number of nitrogens with one attached hydrogen (secondary N) is 2. The zero-order valence-corrected chi connectivity index (χ0v) is 18.2. The van der Waals surface area contributed by atoms with E-state index in [1.807, 2.05) is 30.3 Å². The van der Waals surface area contributed by atoms with E-state index in [4.69, 9.17) is 5.73 Å². The molecule has 6 N–H and O–H groups in total. The third-order valence-electron chi connectivity index (χ3n) is 5.22. The number of phenols is 1. The fraction of sp³-hybridized carbons (Fsp3) is 0.280. The highest BCUT2D eigenvalue weighted by Gasteiger charge is 2.11. The second-order valence-electron chi connectivity index (χ2n) is 7.95. The summed E-state index contributed by atoms with van der Waals surface area (Å²) < 4.78 is 0. The van der Waals surface area contributed by atoms with Crippen LogP contribution >= 0.6 is 0 Å². The number of hydrogen-bond acceptors (Lipinski definition) is 6. The number of nitrogen functional groups attached to an aromatic ring is 1. The Bertz CT molecular complexity index is 1020. The molecule has 3 aromatic rings. The summed E-state index contributed by atoms with van der Waals surface area (Å²) in [6.07, 6.45) is 1.95. The number of carbonyl (C=O) groups excluding carboxylic acids is 1. The van der Waals surface area contributed by atoms with Gasteiger partial charge in [0.25, 0.3) is 0 Å². The molecular formula is C25H30N4O3. The fourth-order valence-electron chi connectivity index (χ4n) is 3.44. The molecule has 0 bridgehead atoms. The van der Waals surface area contributed by atoms with E-state index >= 15 is 0 Å². The van der Waals surface area contributed by atoms with Gasteiger partial charge in [-0.05, 0) is 36.6 Å². The van der Waals surface area contributed by atoms with Crippen molar-refractivity contribution in [3.63, 3.8) is 0 Å². The van der Waals surface area contributed by atoms with Gasteiger partial charge in [0.15, 0.2) is 0 Å². The molecule has 1 amide bonds. The number of hydrogen-bond donors (Lipinski definition) is 5. The molecule has 0 aliphatic rings. The Labute approximate surface area is 188 Å². The van der Waals surface area contributed by atoms with E-state index in [9.17, 15) is 15.0 Å². The third-order valence-corrected chi connectivity index (χ3v) is 5.22. The first-order valence-electron chi connectivity index (χ1n) is 10.6. The first kappa shape index (κ1) is 23.2. The molecule has 7 heteroatoms. The Balaban J connectivity index is 1.46. The Morgan fingerprint density at radius 1 is 1.09 bits per heavy atom. The van der Waals surface area contributed by atoms with E-state index < -0.39 is 6.10 Å². The number of phenolic OH excluding ortho intramolecular Hbond substituents is 1. The Morgan fingerprint density at radius 2 is 1.88 bits per heavy atom. The van der Waals surface area contributed by atoms with Gasteiger partial charge in [-0.1, -0.05) is 48.5 Å². The van der Waals surface area contributed by atoms with Crippen molar-refractivity contribution in [2.45, 2.75) is 38.5 Å². The van der Waals surface area contributed by atoms with Gasteiger partial charge < -0.3 is 26.6 Å². The molecule has 0 aliphatic heterocycles. The molecule has 0 fully saturated rings. The summed E-state index contributed by atoms with van der Waals surface area (Å²) in [5.41, 5.74) is 9.03. The predicted octanol–water partition coefficient (Wildman–Crippen LogP) is 2.48. The number of nitrogens with zero attached hydrogens (tertiary/aromatic N) is 1. The highest BCUT2D eigenvalue weighted by atomic mass is 16.3. The smallest absolute Gasteiger partial charge is 0.224 e. The van der Waals surface area contributed by atoms with Gasteiger partial charge in [-0.2, -0.15) is 0 Å². The van der Waals surface area contributed by atoms with Crippen LogP contribution in [-0.4, -0.2) is 33.7 Å². The molecule has 0 aliphatic carbocycles. The van der Waals surface area contributed by atoms with E-state index in [0.717, 1.165) is 23.1 Å². The highest BCUT2D eigenvalue weighted by Crippen LogP contribution is 2.15. The van der Waals surface area contributed by atoms with Crippen LogP contribution in [0.1, 0.15) is 35.3 Å². The average molecular weight is 435 g/mol. The van der Waals surface area contributed by atoms with Crippen molar-refractivity contribution >= 4 is 11.7 Å². The molecule has 3 rings (SSSR count). The first-order chi connectivity index (χ1) is 15.4. The molecule has 1 heterocycles. The Hall–Kier alpha value is -3.42. The lowest BCUT2D eigenvalue weighted by Crippen LogP contribution is -2.32. The number of benzene rings is 2. The monoisotopic (exact) mass is 434 g/mol. The number of nitrogens with two attached hydrogens (primary N) is 1. The van der Waals surface area contributed by atoms with Gasteiger partial charge in [-0.25, -0.2) is 4.98 Å². The van der Waals surface area contributed by atoms with Gasteiger partial charge in [0.2, 0.25) is 5.91 Å². The molecule has 0 unspecified atom stereocenters. The molecule has 0 spiro atoms. The minimum absolute atomic E-state index is 0.100. The third kappa shape index (κ3) is 7.08. The van der Waals surface area contributed by atoms with E-state index in [2.05, 4.69) is 22.5 Å². The van der Waals surface area contributed by atoms with Crippen molar-refractivity contribution in [3.8, 4) is 5.75 Å². The summed E-state index contributed by atoms with van der Waals surface area (Å²) in [5.74, 6) is 0.500. The van der Waals surface area contributed by atoms with Crippen molar-refractivity contribution in [1.82, 2.24) is 15.6 Å². The number of rotatable bonds is 10. The summed E-state index contributed by atoms with van der Waals surface area (Å²) in [5, 5.41) is 26.3. The van der Waals surface area contributed by atoms with Crippen LogP contribution in [0.25, 0.3) is 0 Å². The van der Waals surface area contributed by atoms with Gasteiger partial charge in [-0.3, -0.25) is 4.79 Å². The highest BCUT2D eigenvalue weighted by molar-refractivity contribution is 5.78. The van der Waals surface area contributed by atoms with Crippen LogP contribution in [0, 0.1) is 0 Å². The Morgan fingerprint density at radius 3 is 2.62 bits per heavy atom. The Kier molecular flexibility index (Phi) is 8.19. The lowest BCUT2D eigenvalue weighted by Gasteiger charge is -2.18. The normalized spacial score (nSPS) is 12.8. The van der Waals surface area contributed by atoms with E-state index in [0.29, 0.717) is 17.9 Å². The summed E-state index contributed by atoms with van der Waals surface area (Å²) >= 11 is 0. The quantitative estimate of drug-likeness (QED) is 0.334. The van der Waals surface area contributed by atoms with Crippen LogP contribution < -0.4 is 16.4 Å². The fourth-order valence-corrected chi connectivity index (χ4v) is 3.44. The number of carbonyl (C=O) groups is 1. The average Bonchev–Trinajstić information content (AvgIpc) is 2.77. The molecule has 1 aromatic heterocycles. The number of aliphatic hydroxyl groups excluding tert-OH is 1. The van der Waals surface area contributed by atoms with Gasteiger partial charge in [0.1, 0.15) is 11.6 Å². The van der Waals surface area contributed by atoms with Crippen LogP contribution in [0.3, 0.4) is 0 Å². The largest absolute Gasteiger partial charge is 0.508 e. The standard InChI is InChI=1S/C25H30N4O3/c1-17(27-16-23(31)21-9-10-24(26)28-14-21)11-18-5-4-6-19(12-18)13-25(32)29-15-20-7-2-3-8-22(20)30/h2-10,12,14,17,23,27,30-31H,11,13,15-16H2,1H3,(H2,26,28)(H,29,32)/t17-,23-/m1/s1. The topological polar surface area (TPSA) is 120 Å². The number of aromatic nitrogens is 1. The molecular weight excluding hydrogens is 404 g/mol. The van der Waals surface area contributed by atoms with Crippen molar-refractivity contribution in [1.29, 1.82) is 0 Å². The SMILES string of the molecule is C[C@H](Cc1cccc(CC(=O)NCc2ccccc2O)c1)NC[C@@H](O)c1ccc(N)nc1. The minimum atomic E-state index is -0.662. The number of pyridine rings is 1.